The van der Waals surface area contributed by atoms with E-state index in [-0.39, 0.29) is 18.0 Å². The van der Waals surface area contributed by atoms with E-state index in [0.717, 1.165) is 28.8 Å². The molecule has 0 radical (unpaired) electrons. The minimum absolute atomic E-state index is 0.0766. The Kier molecular flexibility index (Phi) is 4.05. The molecule has 4 rings (SSSR count). The van der Waals surface area contributed by atoms with Crippen molar-refractivity contribution in [1.29, 1.82) is 0 Å². The molecule has 1 fully saturated rings. The van der Waals surface area contributed by atoms with Crippen molar-refractivity contribution in [2.24, 2.45) is 7.05 Å². The van der Waals surface area contributed by atoms with Gasteiger partial charge in [0.1, 0.15) is 11.3 Å². The fraction of sp³-hybridized carbons (Fsp3) is 0.368. The summed E-state index contributed by atoms with van der Waals surface area (Å²) in [7, 11) is 1.90. The number of amides is 1. The molecule has 3 aromatic rings. The van der Waals surface area contributed by atoms with E-state index in [0.29, 0.717) is 13.0 Å². The van der Waals surface area contributed by atoms with Gasteiger partial charge in [0.2, 0.25) is 5.91 Å². The Labute approximate surface area is 146 Å². The van der Waals surface area contributed by atoms with Crippen molar-refractivity contribution in [3.8, 4) is 0 Å². The van der Waals surface area contributed by atoms with E-state index in [9.17, 15) is 4.79 Å². The fourth-order valence-corrected chi connectivity index (χ4v) is 3.66. The molecule has 1 aromatic carbocycles. The van der Waals surface area contributed by atoms with Crippen molar-refractivity contribution in [1.82, 2.24) is 20.4 Å². The SMILES string of the molecule is Cc1oc2ccccc2c1CN[C@@H]1CCC(=O)N[C@H]1c1ccnn1C. The van der Waals surface area contributed by atoms with E-state index in [2.05, 4.69) is 21.8 Å². The minimum atomic E-state index is -0.0766. The molecule has 1 aliphatic rings. The van der Waals surface area contributed by atoms with Gasteiger partial charge < -0.3 is 15.1 Å². The number of rotatable bonds is 4. The highest BCUT2D eigenvalue weighted by molar-refractivity contribution is 5.82. The average molecular weight is 338 g/mol. The molecule has 6 nitrogen and oxygen atoms in total. The number of hydrogen-bond donors (Lipinski definition) is 2. The van der Waals surface area contributed by atoms with Crippen LogP contribution >= 0.6 is 0 Å². The third kappa shape index (κ3) is 2.93. The lowest BCUT2D eigenvalue weighted by Crippen LogP contribution is -2.48. The molecular weight excluding hydrogens is 316 g/mol. The molecule has 0 bridgehead atoms. The molecule has 0 aliphatic carbocycles. The summed E-state index contributed by atoms with van der Waals surface area (Å²) in [5.41, 5.74) is 3.10. The zero-order valence-electron chi connectivity index (χ0n) is 14.5. The number of aromatic nitrogens is 2. The molecule has 2 atom stereocenters. The largest absolute Gasteiger partial charge is 0.461 e. The summed E-state index contributed by atoms with van der Waals surface area (Å²) in [4.78, 5) is 11.9. The molecular formula is C19H22N4O2. The van der Waals surface area contributed by atoms with Crippen LogP contribution in [0.1, 0.15) is 35.9 Å². The fourth-order valence-electron chi connectivity index (χ4n) is 3.66. The average Bonchev–Trinajstić information content (AvgIpc) is 3.16. The van der Waals surface area contributed by atoms with Crippen molar-refractivity contribution in [2.45, 2.75) is 38.4 Å². The van der Waals surface area contributed by atoms with Gasteiger partial charge in [0.05, 0.1) is 11.7 Å². The Bertz CT molecular complexity index is 911. The van der Waals surface area contributed by atoms with E-state index in [1.807, 2.05) is 42.9 Å². The number of carbonyl (C=O) groups is 1. The monoisotopic (exact) mass is 338 g/mol. The second-order valence-electron chi connectivity index (χ2n) is 6.58. The van der Waals surface area contributed by atoms with Crippen LogP contribution in [0.3, 0.4) is 0 Å². The maximum Gasteiger partial charge on any atom is 0.220 e. The number of fused-ring (bicyclic) bond motifs is 1. The van der Waals surface area contributed by atoms with E-state index in [4.69, 9.17) is 4.42 Å². The van der Waals surface area contributed by atoms with Gasteiger partial charge in [0.25, 0.3) is 0 Å². The standard InChI is InChI=1S/C19H22N4O2/c1-12-14(13-5-3-4-6-17(13)25-12)11-20-15-7-8-18(24)22-19(15)16-9-10-21-23(16)2/h3-6,9-10,15,19-20H,7-8,11H2,1-2H3,(H,22,24)/t15-,19-/m1/s1. The number of benzene rings is 1. The quantitative estimate of drug-likeness (QED) is 0.767. The molecule has 1 aliphatic heterocycles. The van der Waals surface area contributed by atoms with Gasteiger partial charge in [-0.1, -0.05) is 18.2 Å². The maximum atomic E-state index is 11.9. The van der Waals surface area contributed by atoms with Crippen LogP contribution < -0.4 is 10.6 Å². The summed E-state index contributed by atoms with van der Waals surface area (Å²) < 4.78 is 7.67. The summed E-state index contributed by atoms with van der Waals surface area (Å²) in [6.07, 6.45) is 3.11. The predicted molar refractivity (Wildman–Crippen MR) is 94.9 cm³/mol. The molecule has 2 N–H and O–H groups in total. The van der Waals surface area contributed by atoms with Gasteiger partial charge in [-0.3, -0.25) is 9.48 Å². The Balaban J connectivity index is 1.57. The van der Waals surface area contributed by atoms with Gasteiger partial charge in [0, 0.05) is 43.2 Å². The topological polar surface area (TPSA) is 72.1 Å². The smallest absolute Gasteiger partial charge is 0.220 e. The van der Waals surface area contributed by atoms with Gasteiger partial charge in [0.15, 0.2) is 0 Å². The molecule has 0 spiro atoms. The number of carbonyl (C=O) groups excluding carboxylic acids is 1. The van der Waals surface area contributed by atoms with E-state index in [1.54, 1.807) is 6.20 Å². The minimum Gasteiger partial charge on any atom is -0.461 e. The summed E-state index contributed by atoms with van der Waals surface area (Å²) in [6, 6.07) is 10.1. The molecule has 1 amide bonds. The van der Waals surface area contributed by atoms with Crippen LogP contribution in [0.25, 0.3) is 11.0 Å². The molecule has 6 heteroatoms. The Morgan fingerprint density at radius 2 is 2.20 bits per heavy atom. The summed E-state index contributed by atoms with van der Waals surface area (Å²) in [5, 5.41) is 12.1. The summed E-state index contributed by atoms with van der Waals surface area (Å²) in [5.74, 6) is 1.03. The van der Waals surface area contributed by atoms with Gasteiger partial charge in [-0.25, -0.2) is 0 Å². The molecule has 2 aromatic heterocycles. The lowest BCUT2D eigenvalue weighted by Gasteiger charge is -2.33. The van der Waals surface area contributed by atoms with Gasteiger partial charge in [-0.15, -0.1) is 0 Å². The first-order chi connectivity index (χ1) is 12.1. The zero-order valence-corrected chi connectivity index (χ0v) is 14.5. The molecule has 1 saturated heterocycles. The molecule has 0 saturated carbocycles. The van der Waals surface area contributed by atoms with E-state index in [1.165, 1.54) is 5.56 Å². The van der Waals surface area contributed by atoms with Gasteiger partial charge >= 0.3 is 0 Å². The maximum absolute atomic E-state index is 11.9. The normalized spacial score (nSPS) is 20.8. The van der Waals surface area contributed by atoms with Crippen LogP contribution in [0.5, 0.6) is 0 Å². The first-order valence-electron chi connectivity index (χ1n) is 8.61. The predicted octanol–water partition coefficient (Wildman–Crippen LogP) is 2.58. The molecule has 3 heterocycles. The summed E-state index contributed by atoms with van der Waals surface area (Å²) in [6.45, 7) is 2.70. The van der Waals surface area contributed by atoms with Crippen molar-refractivity contribution in [3.63, 3.8) is 0 Å². The van der Waals surface area contributed by atoms with E-state index < -0.39 is 0 Å². The number of hydrogen-bond acceptors (Lipinski definition) is 4. The van der Waals surface area contributed by atoms with Crippen LogP contribution in [-0.2, 0) is 18.4 Å². The van der Waals surface area contributed by atoms with Gasteiger partial charge in [-0.2, -0.15) is 5.10 Å². The lowest BCUT2D eigenvalue weighted by molar-refractivity contribution is -0.124. The van der Waals surface area contributed by atoms with Crippen molar-refractivity contribution in [2.75, 3.05) is 0 Å². The highest BCUT2D eigenvalue weighted by Gasteiger charge is 2.31. The van der Waals surface area contributed by atoms with Crippen LogP contribution in [0.15, 0.2) is 40.9 Å². The Morgan fingerprint density at radius 1 is 1.36 bits per heavy atom. The lowest BCUT2D eigenvalue weighted by atomic mass is 9.95. The van der Waals surface area contributed by atoms with Crippen LogP contribution in [0, 0.1) is 6.92 Å². The van der Waals surface area contributed by atoms with Crippen molar-refractivity contribution < 1.29 is 9.21 Å². The summed E-state index contributed by atoms with van der Waals surface area (Å²) >= 11 is 0. The Hall–Kier alpha value is -2.60. The molecule has 25 heavy (non-hydrogen) atoms. The van der Waals surface area contributed by atoms with Crippen molar-refractivity contribution in [3.05, 3.63) is 53.5 Å². The van der Waals surface area contributed by atoms with E-state index >= 15 is 0 Å². The van der Waals surface area contributed by atoms with Crippen LogP contribution in [0.4, 0.5) is 0 Å². The number of nitrogens with zero attached hydrogens (tertiary/aromatic N) is 2. The third-order valence-electron chi connectivity index (χ3n) is 5.02. The molecule has 130 valence electrons. The zero-order chi connectivity index (χ0) is 17.4. The van der Waals surface area contributed by atoms with Crippen molar-refractivity contribution >= 4 is 16.9 Å². The first kappa shape index (κ1) is 15.9. The number of furan rings is 1. The van der Waals surface area contributed by atoms with Crippen LogP contribution in [0.2, 0.25) is 0 Å². The highest BCUT2D eigenvalue weighted by atomic mass is 16.3. The first-order valence-corrected chi connectivity index (χ1v) is 8.61. The second-order valence-corrected chi connectivity index (χ2v) is 6.58. The van der Waals surface area contributed by atoms with Gasteiger partial charge in [-0.05, 0) is 25.5 Å². The Morgan fingerprint density at radius 3 is 3.00 bits per heavy atom. The number of para-hydroxylation sites is 1. The van der Waals surface area contributed by atoms with Crippen LogP contribution in [-0.4, -0.2) is 21.7 Å². The second kappa shape index (κ2) is 6.37. The molecule has 0 unspecified atom stereocenters. The number of aryl methyl sites for hydroxylation is 2. The third-order valence-corrected chi connectivity index (χ3v) is 5.02. The highest BCUT2D eigenvalue weighted by Crippen LogP contribution is 2.27. The number of nitrogens with one attached hydrogen (secondary N) is 2. The number of piperidine rings is 1.